The van der Waals surface area contributed by atoms with Crippen LogP contribution < -0.4 is 5.32 Å². The summed E-state index contributed by atoms with van der Waals surface area (Å²) >= 11 is 0. The molecule has 0 aliphatic rings. The van der Waals surface area contributed by atoms with Gasteiger partial charge in [-0.1, -0.05) is 49.4 Å². The number of aromatic nitrogens is 5. The molecule has 0 saturated heterocycles. The lowest BCUT2D eigenvalue weighted by molar-refractivity contribution is -0.116. The van der Waals surface area contributed by atoms with E-state index in [9.17, 15) is 4.79 Å². The highest BCUT2D eigenvalue weighted by molar-refractivity contribution is 5.96. The Hall–Kier alpha value is -4.00. The third-order valence-electron chi connectivity index (χ3n) is 5.54. The fourth-order valence-corrected chi connectivity index (χ4v) is 4.17. The molecule has 0 fully saturated rings. The number of amides is 1. The topological polar surface area (TPSA) is 77.6 Å². The number of hydrogen-bond acceptors (Lipinski definition) is 4. The molecule has 32 heavy (non-hydrogen) atoms. The van der Waals surface area contributed by atoms with Crippen LogP contribution in [0.1, 0.15) is 19.0 Å². The van der Waals surface area contributed by atoms with E-state index in [4.69, 9.17) is 0 Å². The summed E-state index contributed by atoms with van der Waals surface area (Å²) in [5, 5.41) is 8.57. The van der Waals surface area contributed by atoms with E-state index in [1.54, 1.807) is 10.9 Å². The zero-order valence-electron chi connectivity index (χ0n) is 18.1. The van der Waals surface area contributed by atoms with Crippen molar-refractivity contribution in [2.75, 3.05) is 5.32 Å². The number of fused-ring (bicyclic) bond motifs is 2. The average Bonchev–Trinajstić information content (AvgIpc) is 3.32. The molecule has 0 saturated carbocycles. The number of carbonyl (C=O) groups excluding carboxylic acids is 1. The van der Waals surface area contributed by atoms with Crippen molar-refractivity contribution >= 4 is 33.9 Å². The van der Waals surface area contributed by atoms with Crippen LogP contribution in [-0.4, -0.2) is 30.2 Å². The van der Waals surface area contributed by atoms with E-state index in [1.807, 2.05) is 60.0 Å². The predicted octanol–water partition coefficient (Wildman–Crippen LogP) is 4.81. The van der Waals surface area contributed by atoms with Gasteiger partial charge in [0.25, 0.3) is 0 Å². The minimum Gasteiger partial charge on any atom is -0.310 e. The summed E-state index contributed by atoms with van der Waals surface area (Å²) in [6, 6.07) is 20.0. The number of nitrogens with one attached hydrogen (secondary N) is 1. The zero-order valence-corrected chi connectivity index (χ0v) is 18.1. The van der Waals surface area contributed by atoms with Gasteiger partial charge in [-0.05, 0) is 42.7 Å². The minimum absolute atomic E-state index is 0.0604. The smallest absolute Gasteiger partial charge is 0.248 e. The molecule has 0 aliphatic heterocycles. The van der Waals surface area contributed by atoms with Crippen LogP contribution in [0.3, 0.4) is 0 Å². The molecular formula is C25H24N6O. The van der Waals surface area contributed by atoms with Gasteiger partial charge in [-0.3, -0.25) is 10.1 Å². The van der Waals surface area contributed by atoms with Gasteiger partial charge >= 0.3 is 0 Å². The molecule has 0 radical (unpaired) electrons. The van der Waals surface area contributed by atoms with Gasteiger partial charge in [0, 0.05) is 18.1 Å². The molecule has 2 aromatic carbocycles. The lowest BCUT2D eigenvalue weighted by Gasteiger charge is -2.09. The third kappa shape index (κ3) is 3.51. The summed E-state index contributed by atoms with van der Waals surface area (Å²) < 4.78 is 3.71. The molecule has 7 heteroatoms. The van der Waals surface area contributed by atoms with Gasteiger partial charge in [-0.15, -0.1) is 0 Å². The second kappa shape index (κ2) is 8.26. The number of nitrogens with zero attached hydrogens (tertiary/aromatic N) is 5. The lowest BCUT2D eigenvalue weighted by Crippen LogP contribution is -2.22. The Labute approximate surface area is 185 Å². The molecule has 3 aromatic heterocycles. The Morgan fingerprint density at radius 3 is 2.62 bits per heavy atom. The fraction of sp³-hybridized carbons (Fsp3) is 0.200. The van der Waals surface area contributed by atoms with Crippen LogP contribution >= 0.6 is 0 Å². The number of rotatable bonds is 6. The number of imidazole rings is 1. The van der Waals surface area contributed by atoms with Gasteiger partial charge in [0.2, 0.25) is 11.9 Å². The Morgan fingerprint density at radius 1 is 1.03 bits per heavy atom. The fourth-order valence-electron chi connectivity index (χ4n) is 4.17. The monoisotopic (exact) mass is 424 g/mol. The summed E-state index contributed by atoms with van der Waals surface area (Å²) in [6.45, 7) is 4.90. The van der Waals surface area contributed by atoms with Crippen molar-refractivity contribution < 1.29 is 4.79 Å². The highest BCUT2D eigenvalue weighted by atomic mass is 16.2. The van der Waals surface area contributed by atoms with E-state index in [-0.39, 0.29) is 12.5 Å². The van der Waals surface area contributed by atoms with E-state index < -0.39 is 0 Å². The van der Waals surface area contributed by atoms with Crippen molar-refractivity contribution in [3.8, 4) is 11.1 Å². The van der Waals surface area contributed by atoms with Gasteiger partial charge in [-0.2, -0.15) is 5.10 Å². The van der Waals surface area contributed by atoms with Crippen molar-refractivity contribution in [3.63, 3.8) is 0 Å². The maximum atomic E-state index is 13.0. The number of benzene rings is 2. The molecule has 1 amide bonds. The van der Waals surface area contributed by atoms with Crippen LogP contribution in [0.5, 0.6) is 0 Å². The number of anilines is 1. The summed E-state index contributed by atoms with van der Waals surface area (Å²) in [4.78, 5) is 22.1. The van der Waals surface area contributed by atoms with E-state index in [0.29, 0.717) is 11.6 Å². The molecule has 5 aromatic rings. The molecule has 0 unspecified atom stereocenters. The quantitative estimate of drug-likeness (QED) is 0.425. The van der Waals surface area contributed by atoms with E-state index in [0.717, 1.165) is 46.2 Å². The maximum absolute atomic E-state index is 13.0. The Balaban J connectivity index is 1.46. The third-order valence-corrected chi connectivity index (χ3v) is 5.54. The highest BCUT2D eigenvalue weighted by Gasteiger charge is 2.18. The van der Waals surface area contributed by atoms with Crippen LogP contribution in [0.2, 0.25) is 0 Å². The van der Waals surface area contributed by atoms with Crippen molar-refractivity contribution in [2.45, 2.75) is 33.4 Å². The maximum Gasteiger partial charge on any atom is 0.248 e. The molecule has 0 atom stereocenters. The molecule has 0 spiro atoms. The molecular weight excluding hydrogens is 400 g/mol. The Morgan fingerprint density at radius 2 is 1.81 bits per heavy atom. The zero-order chi connectivity index (χ0) is 22.1. The number of aryl methyl sites for hydroxylation is 2. The largest absolute Gasteiger partial charge is 0.310 e. The predicted molar refractivity (Wildman–Crippen MR) is 126 cm³/mol. The number of pyridine rings is 1. The minimum atomic E-state index is -0.186. The van der Waals surface area contributed by atoms with Crippen LogP contribution in [0.15, 0.2) is 66.9 Å². The van der Waals surface area contributed by atoms with Crippen molar-refractivity contribution in [2.24, 2.45) is 0 Å². The molecule has 0 aliphatic carbocycles. The first-order chi connectivity index (χ1) is 15.7. The number of para-hydroxylation sites is 2. The first-order valence-corrected chi connectivity index (χ1v) is 10.8. The first-order valence-electron chi connectivity index (χ1n) is 10.8. The Bertz CT molecular complexity index is 1420. The first kappa shape index (κ1) is 19.9. The van der Waals surface area contributed by atoms with Crippen LogP contribution in [-0.2, 0) is 17.9 Å². The normalized spacial score (nSPS) is 11.3. The van der Waals surface area contributed by atoms with Crippen molar-refractivity contribution in [1.29, 1.82) is 0 Å². The lowest BCUT2D eigenvalue weighted by atomic mass is 10.0. The molecule has 1 N–H and O–H groups in total. The summed E-state index contributed by atoms with van der Waals surface area (Å²) in [6.07, 6.45) is 2.71. The number of carbonyl (C=O) groups is 1. The second-order valence-corrected chi connectivity index (χ2v) is 7.79. The van der Waals surface area contributed by atoms with Gasteiger partial charge in [0.1, 0.15) is 6.54 Å². The van der Waals surface area contributed by atoms with E-state index >= 15 is 0 Å². The van der Waals surface area contributed by atoms with Crippen LogP contribution in [0, 0.1) is 6.92 Å². The van der Waals surface area contributed by atoms with E-state index in [1.165, 1.54) is 0 Å². The molecule has 7 nitrogen and oxygen atoms in total. The standard InChI is InChI=1S/C25H24N6O/c1-3-15-30-21-12-8-7-11-20(21)27-25(30)28-22(32)16-31-24-23(17(2)29-31)19(13-14-26-24)18-9-5-4-6-10-18/h4-14H,3,15-16H2,1-2H3,(H,27,28,32). The van der Waals surface area contributed by atoms with Crippen molar-refractivity contribution in [3.05, 3.63) is 72.6 Å². The summed E-state index contributed by atoms with van der Waals surface area (Å²) in [5.74, 6) is 0.373. The molecule has 160 valence electrons. The van der Waals surface area contributed by atoms with Gasteiger partial charge < -0.3 is 4.57 Å². The molecule has 5 rings (SSSR count). The van der Waals surface area contributed by atoms with Gasteiger partial charge in [0.15, 0.2) is 5.65 Å². The average molecular weight is 425 g/mol. The van der Waals surface area contributed by atoms with E-state index in [2.05, 4.69) is 39.4 Å². The second-order valence-electron chi connectivity index (χ2n) is 7.79. The molecule has 0 bridgehead atoms. The van der Waals surface area contributed by atoms with Crippen molar-refractivity contribution in [1.82, 2.24) is 24.3 Å². The van der Waals surface area contributed by atoms with Crippen LogP contribution in [0.25, 0.3) is 33.2 Å². The highest BCUT2D eigenvalue weighted by Crippen LogP contribution is 2.29. The molecule has 3 heterocycles. The number of hydrogen-bond donors (Lipinski definition) is 1. The van der Waals surface area contributed by atoms with Gasteiger partial charge in [-0.25, -0.2) is 14.6 Å². The van der Waals surface area contributed by atoms with Gasteiger partial charge in [0.05, 0.1) is 16.7 Å². The Kier molecular flexibility index (Phi) is 5.15. The summed E-state index contributed by atoms with van der Waals surface area (Å²) in [5.41, 5.74) is 5.58. The summed E-state index contributed by atoms with van der Waals surface area (Å²) in [7, 11) is 0. The SMILES string of the molecule is CCCn1c(NC(=O)Cn2nc(C)c3c(-c4ccccc4)ccnc32)nc2ccccc21. The van der Waals surface area contributed by atoms with Crippen LogP contribution in [0.4, 0.5) is 5.95 Å².